The summed E-state index contributed by atoms with van der Waals surface area (Å²) in [5.74, 6) is 9.04. The van der Waals surface area contributed by atoms with Crippen LogP contribution in [0.2, 0.25) is 0 Å². The summed E-state index contributed by atoms with van der Waals surface area (Å²) in [4.78, 5) is 0. The van der Waals surface area contributed by atoms with Gasteiger partial charge in [-0.2, -0.15) is 4.57 Å². The lowest BCUT2D eigenvalue weighted by Gasteiger charge is -2.23. The van der Waals surface area contributed by atoms with Gasteiger partial charge >= 0.3 is 7.82 Å². The Morgan fingerprint density at radius 3 is 1.10 bits per heavy atom. The first-order chi connectivity index (χ1) is 19.9. The van der Waals surface area contributed by atoms with Crippen molar-refractivity contribution in [3.63, 3.8) is 0 Å². The zero-order valence-corrected chi connectivity index (χ0v) is 25.3. The van der Waals surface area contributed by atoms with Crippen LogP contribution in [-0.2, 0) is 43.1 Å². The van der Waals surface area contributed by atoms with Gasteiger partial charge in [-0.15, -0.1) is 37.0 Å². The molecule has 0 radical (unpaired) electrons. The van der Waals surface area contributed by atoms with E-state index in [1.165, 1.54) is 0 Å². The Balaban J connectivity index is 2.11. The number of rotatable bonds is 15. The van der Waals surface area contributed by atoms with Gasteiger partial charge in [0, 0.05) is 36.0 Å². The summed E-state index contributed by atoms with van der Waals surface area (Å²) >= 11 is 0. The Bertz CT molecular complexity index is 1320. The fourth-order valence-electron chi connectivity index (χ4n) is 4.66. The summed E-state index contributed by atoms with van der Waals surface area (Å²) in [5, 5.41) is 0. The van der Waals surface area contributed by atoms with Crippen molar-refractivity contribution in [2.45, 2.75) is 78.6 Å². The molecular weight excluding hydrogens is 527 g/mol. The number of benzene rings is 3. The fourth-order valence-corrected chi connectivity index (χ4v) is 6.03. The summed E-state index contributed by atoms with van der Waals surface area (Å²) in [6.07, 6.45) is 23.5. The molecule has 3 rings (SSSR count). The first kappa shape index (κ1) is 31.5. The topological polar surface area (TPSA) is 44.8 Å². The van der Waals surface area contributed by atoms with Gasteiger partial charge in [-0.05, 0) is 54.2 Å². The van der Waals surface area contributed by atoms with Crippen molar-refractivity contribution in [2.24, 2.45) is 0 Å². The van der Waals surface area contributed by atoms with Gasteiger partial charge in [-0.3, -0.25) is 0 Å². The molecule has 4 nitrogen and oxygen atoms in total. The zero-order chi connectivity index (χ0) is 29.7. The maximum atomic E-state index is 14.6. The van der Waals surface area contributed by atoms with Crippen LogP contribution >= 0.6 is 7.82 Å². The summed E-state index contributed by atoms with van der Waals surface area (Å²) in [7, 11) is -4.33. The highest BCUT2D eigenvalue weighted by Crippen LogP contribution is 2.52. The third-order valence-corrected chi connectivity index (χ3v) is 7.76. The second-order valence-corrected chi connectivity index (χ2v) is 11.4. The van der Waals surface area contributed by atoms with Crippen molar-refractivity contribution < 1.29 is 18.1 Å². The van der Waals surface area contributed by atoms with Gasteiger partial charge in [0.05, 0.1) is 0 Å². The van der Waals surface area contributed by atoms with Crippen molar-refractivity contribution >= 4 is 7.82 Å². The number of terminal acetylenes is 3. The fraction of sp³-hybridized carbons (Fsp3) is 0.333. The largest absolute Gasteiger partial charge is 0.647 e. The Morgan fingerprint density at radius 2 is 0.854 bits per heavy atom. The number of phosphoric acid groups is 1. The second-order valence-electron chi connectivity index (χ2n) is 9.94. The molecule has 3 aromatic carbocycles. The molecule has 0 bridgehead atoms. The van der Waals surface area contributed by atoms with Crippen LogP contribution in [0.3, 0.4) is 0 Å². The molecule has 0 spiro atoms. The van der Waals surface area contributed by atoms with Crippen LogP contribution in [0.1, 0.15) is 73.4 Å². The minimum absolute atomic E-state index is 0.301. The third kappa shape index (κ3) is 8.98. The van der Waals surface area contributed by atoms with E-state index in [0.29, 0.717) is 36.5 Å². The van der Waals surface area contributed by atoms with E-state index in [9.17, 15) is 4.57 Å². The van der Waals surface area contributed by atoms with Gasteiger partial charge in [-0.25, -0.2) is 0 Å². The highest BCUT2D eigenvalue weighted by atomic mass is 31.2. The summed E-state index contributed by atoms with van der Waals surface area (Å²) in [6.45, 7) is 6.33. The van der Waals surface area contributed by atoms with Gasteiger partial charge < -0.3 is 13.6 Å². The monoisotopic (exact) mass is 566 g/mol. The smallest absolute Gasteiger partial charge is 0.386 e. The molecule has 0 N–H and O–H groups in total. The third-order valence-electron chi connectivity index (χ3n) is 6.50. The Hall–Kier alpha value is -4.03. The van der Waals surface area contributed by atoms with Gasteiger partial charge in [-0.1, -0.05) is 76.4 Å². The SMILES string of the molecule is C#CCc1cc(CCC)ccc1OP(=O)(Oc1ccc(CCC)cc1CC#C)Oc1ccc(CCC)cc1CC#C. The van der Waals surface area contributed by atoms with Crippen LogP contribution < -0.4 is 13.6 Å². The molecule has 0 unspecified atom stereocenters. The van der Waals surface area contributed by atoms with Gasteiger partial charge in [0.2, 0.25) is 0 Å². The quantitative estimate of drug-likeness (QED) is 0.136. The summed E-state index contributed by atoms with van der Waals surface area (Å²) < 4.78 is 33.1. The molecule has 212 valence electrons. The van der Waals surface area contributed by atoms with Crippen LogP contribution in [0, 0.1) is 37.0 Å². The van der Waals surface area contributed by atoms with Crippen LogP contribution in [0.25, 0.3) is 0 Å². The molecule has 0 amide bonds. The first-order valence-corrected chi connectivity index (χ1v) is 15.7. The molecule has 5 heteroatoms. The van der Waals surface area contributed by atoms with E-state index in [4.69, 9.17) is 32.8 Å². The average Bonchev–Trinajstić information content (AvgIpc) is 2.94. The molecule has 0 aromatic heterocycles. The summed E-state index contributed by atoms with van der Waals surface area (Å²) in [6, 6.07) is 17.1. The maximum absolute atomic E-state index is 14.6. The lowest BCUT2D eigenvalue weighted by atomic mass is 10.0. The van der Waals surface area contributed by atoms with Crippen molar-refractivity contribution in [3.8, 4) is 54.3 Å². The van der Waals surface area contributed by atoms with E-state index in [-0.39, 0.29) is 0 Å². The lowest BCUT2D eigenvalue weighted by molar-refractivity contribution is 0.296. The van der Waals surface area contributed by atoms with Crippen LogP contribution in [0.4, 0.5) is 0 Å². The van der Waals surface area contributed by atoms with Crippen molar-refractivity contribution in [2.75, 3.05) is 0 Å². The molecule has 41 heavy (non-hydrogen) atoms. The number of hydrogen-bond acceptors (Lipinski definition) is 4. The van der Waals surface area contributed by atoms with Crippen LogP contribution in [0.5, 0.6) is 17.2 Å². The molecule has 0 atom stereocenters. The first-order valence-electron chi connectivity index (χ1n) is 14.2. The van der Waals surface area contributed by atoms with Gasteiger partial charge in [0.25, 0.3) is 0 Å². The van der Waals surface area contributed by atoms with Crippen molar-refractivity contribution in [1.29, 1.82) is 0 Å². The van der Waals surface area contributed by atoms with Gasteiger partial charge in [0.1, 0.15) is 17.2 Å². The zero-order valence-electron chi connectivity index (χ0n) is 24.4. The molecule has 0 heterocycles. The number of aryl methyl sites for hydroxylation is 3. The molecule has 0 aliphatic carbocycles. The van der Waals surface area contributed by atoms with Crippen molar-refractivity contribution in [1.82, 2.24) is 0 Å². The van der Waals surface area contributed by atoms with E-state index in [1.807, 2.05) is 36.4 Å². The van der Waals surface area contributed by atoms with Crippen LogP contribution in [-0.4, -0.2) is 0 Å². The molecule has 0 fully saturated rings. The standard InChI is InChI=1S/C36H39O4P/c1-7-13-28-19-22-34(31(25-28)16-10-4)38-41(37,39-35-23-20-29(14-8-2)26-32(35)17-11-5)40-36-24-21-30(15-9-3)27-33(36)18-12-6/h4-6,19-27H,7-9,13-18H2,1-3H3. The molecule has 0 aliphatic rings. The minimum Gasteiger partial charge on any atom is -0.386 e. The number of phosphoric ester groups is 1. The molecule has 0 saturated carbocycles. The van der Waals surface area contributed by atoms with E-state index in [2.05, 4.69) is 38.5 Å². The van der Waals surface area contributed by atoms with E-state index in [1.54, 1.807) is 18.2 Å². The van der Waals surface area contributed by atoms with E-state index in [0.717, 1.165) is 71.9 Å². The average molecular weight is 567 g/mol. The van der Waals surface area contributed by atoms with E-state index < -0.39 is 7.82 Å². The van der Waals surface area contributed by atoms with E-state index >= 15 is 0 Å². The predicted molar refractivity (Wildman–Crippen MR) is 168 cm³/mol. The Kier molecular flexibility index (Phi) is 12.0. The van der Waals surface area contributed by atoms with Crippen molar-refractivity contribution in [3.05, 3.63) is 88.0 Å². The number of hydrogen-bond donors (Lipinski definition) is 0. The highest BCUT2D eigenvalue weighted by Gasteiger charge is 2.35. The van der Waals surface area contributed by atoms with Crippen LogP contribution in [0.15, 0.2) is 54.6 Å². The lowest BCUT2D eigenvalue weighted by Crippen LogP contribution is -2.11. The minimum atomic E-state index is -4.33. The Morgan fingerprint density at radius 1 is 0.561 bits per heavy atom. The highest BCUT2D eigenvalue weighted by molar-refractivity contribution is 7.49. The second kappa shape index (κ2) is 15.7. The maximum Gasteiger partial charge on any atom is 0.647 e. The predicted octanol–water partition coefficient (Wildman–Crippen LogP) is 8.72. The van der Waals surface area contributed by atoms with Gasteiger partial charge in [0.15, 0.2) is 0 Å². The molecule has 3 aromatic rings. The Labute approximate surface area is 246 Å². The molecular formula is C36H39O4P. The molecule has 0 saturated heterocycles. The normalized spacial score (nSPS) is 10.7. The molecule has 0 aliphatic heterocycles. The summed E-state index contributed by atoms with van der Waals surface area (Å²) in [5.41, 5.74) is 5.55.